The van der Waals surface area contributed by atoms with Crippen molar-refractivity contribution in [3.8, 4) is 11.5 Å². The summed E-state index contributed by atoms with van der Waals surface area (Å²) in [4.78, 5) is 17.1. The van der Waals surface area contributed by atoms with E-state index in [-0.39, 0.29) is 23.8 Å². The van der Waals surface area contributed by atoms with Crippen LogP contribution in [0.15, 0.2) is 66.7 Å². The van der Waals surface area contributed by atoms with E-state index in [9.17, 15) is 9.18 Å². The normalized spacial score (nSPS) is 14.8. The number of ether oxygens (including phenoxy) is 3. The fourth-order valence-electron chi connectivity index (χ4n) is 3.67. The molecule has 1 N–H and O–H groups in total. The first-order valence-corrected chi connectivity index (χ1v) is 10.7. The quantitative estimate of drug-likeness (QED) is 0.367. The smallest absolute Gasteiger partial charge is 0.338 e. The highest BCUT2D eigenvalue weighted by Crippen LogP contribution is 2.39. The van der Waals surface area contributed by atoms with Gasteiger partial charge in [0, 0.05) is 11.3 Å². The summed E-state index contributed by atoms with van der Waals surface area (Å²) in [5, 5.41) is 7.63. The molecule has 0 bridgehead atoms. The van der Waals surface area contributed by atoms with Crippen molar-refractivity contribution >= 4 is 23.5 Å². The molecule has 1 aromatic heterocycles. The maximum absolute atomic E-state index is 14.1. The molecule has 176 valence electrons. The monoisotopic (exact) mass is 484 g/mol. The van der Waals surface area contributed by atoms with Crippen LogP contribution in [-0.2, 0) is 16.1 Å². The number of fused-ring (bicyclic) bond motifs is 1. The lowest BCUT2D eigenvalue weighted by atomic mass is 9.95. The molecule has 1 atom stereocenters. The Labute approximate surface area is 200 Å². The molecular formula is C24H22ClFN4O4. The SMILES string of the molecule is C=CCOC(=O)C1=C(C)Nc2ncnn2C1c1ccc(OCc2c(F)cccc2Cl)c(OC)c1. The standard InChI is InChI=1S/C24H22ClFN4O4/c1-4-10-33-23(31)21-14(2)29-24-27-13-28-30(24)22(21)15-8-9-19(20(11-15)32-3)34-12-16-17(25)6-5-7-18(16)26/h4-9,11,13,22H,1,10,12H2,2-3H3,(H,27,28,29). The van der Waals surface area contributed by atoms with Crippen LogP contribution in [0.25, 0.3) is 0 Å². The molecular weight excluding hydrogens is 463 g/mol. The second-order valence-electron chi connectivity index (χ2n) is 7.38. The van der Waals surface area contributed by atoms with Gasteiger partial charge in [0.25, 0.3) is 0 Å². The Morgan fingerprint density at radius 3 is 2.88 bits per heavy atom. The summed E-state index contributed by atoms with van der Waals surface area (Å²) >= 11 is 6.10. The fourth-order valence-corrected chi connectivity index (χ4v) is 3.89. The van der Waals surface area contributed by atoms with Crippen molar-refractivity contribution in [2.75, 3.05) is 19.0 Å². The second-order valence-corrected chi connectivity index (χ2v) is 7.79. The number of nitrogens with zero attached hydrogens (tertiary/aromatic N) is 3. The van der Waals surface area contributed by atoms with Gasteiger partial charge in [-0.1, -0.05) is 36.4 Å². The summed E-state index contributed by atoms with van der Waals surface area (Å²) in [5.41, 5.74) is 1.89. The van der Waals surface area contributed by atoms with Crippen molar-refractivity contribution in [2.45, 2.75) is 19.6 Å². The molecule has 0 spiro atoms. The lowest BCUT2D eigenvalue weighted by molar-refractivity contribution is -0.138. The van der Waals surface area contributed by atoms with Crippen LogP contribution in [-0.4, -0.2) is 34.5 Å². The number of hydrogen-bond donors (Lipinski definition) is 1. The van der Waals surface area contributed by atoms with E-state index in [2.05, 4.69) is 22.0 Å². The molecule has 0 saturated heterocycles. The number of anilines is 1. The van der Waals surface area contributed by atoms with Crippen LogP contribution in [0.1, 0.15) is 24.1 Å². The number of nitrogens with one attached hydrogen (secondary N) is 1. The Balaban J connectivity index is 1.69. The average Bonchev–Trinajstić information content (AvgIpc) is 3.29. The Hall–Kier alpha value is -3.85. The number of aromatic nitrogens is 3. The minimum Gasteiger partial charge on any atom is -0.493 e. The van der Waals surface area contributed by atoms with Crippen LogP contribution >= 0.6 is 11.6 Å². The van der Waals surface area contributed by atoms with Gasteiger partial charge in [-0.05, 0) is 36.8 Å². The maximum atomic E-state index is 14.1. The lowest BCUT2D eigenvalue weighted by Gasteiger charge is -2.28. The van der Waals surface area contributed by atoms with E-state index in [1.54, 1.807) is 35.9 Å². The zero-order valence-corrected chi connectivity index (χ0v) is 19.3. The maximum Gasteiger partial charge on any atom is 0.338 e. The highest BCUT2D eigenvalue weighted by atomic mass is 35.5. The van der Waals surface area contributed by atoms with Gasteiger partial charge in [-0.15, -0.1) is 0 Å². The van der Waals surface area contributed by atoms with E-state index in [0.717, 1.165) is 0 Å². The molecule has 1 aliphatic rings. The Bertz CT molecular complexity index is 1250. The van der Waals surface area contributed by atoms with Gasteiger partial charge in [0.2, 0.25) is 5.95 Å². The zero-order chi connectivity index (χ0) is 24.2. The van der Waals surface area contributed by atoms with E-state index in [0.29, 0.717) is 34.3 Å². The van der Waals surface area contributed by atoms with Crippen LogP contribution in [0.4, 0.5) is 10.3 Å². The van der Waals surface area contributed by atoms with Crippen molar-refractivity contribution in [1.29, 1.82) is 0 Å². The number of benzene rings is 2. The second kappa shape index (κ2) is 9.96. The van der Waals surface area contributed by atoms with Crippen LogP contribution in [0.3, 0.4) is 0 Å². The van der Waals surface area contributed by atoms with Crippen LogP contribution in [0.5, 0.6) is 11.5 Å². The summed E-state index contributed by atoms with van der Waals surface area (Å²) in [5.74, 6) is 0.289. The van der Waals surface area contributed by atoms with Gasteiger partial charge in [0.05, 0.1) is 17.7 Å². The first-order valence-electron chi connectivity index (χ1n) is 10.3. The molecule has 0 aliphatic carbocycles. The number of carbonyl (C=O) groups is 1. The number of rotatable bonds is 8. The van der Waals surface area contributed by atoms with E-state index in [1.165, 1.54) is 31.6 Å². The topological polar surface area (TPSA) is 87.5 Å². The number of hydrogen-bond acceptors (Lipinski definition) is 7. The van der Waals surface area contributed by atoms with E-state index >= 15 is 0 Å². The highest BCUT2D eigenvalue weighted by molar-refractivity contribution is 6.31. The number of allylic oxidation sites excluding steroid dienone is 1. The summed E-state index contributed by atoms with van der Waals surface area (Å²) in [6.45, 7) is 5.34. The van der Waals surface area contributed by atoms with Crippen molar-refractivity contribution in [1.82, 2.24) is 14.8 Å². The van der Waals surface area contributed by atoms with Crippen molar-refractivity contribution in [2.24, 2.45) is 0 Å². The lowest BCUT2D eigenvalue weighted by Crippen LogP contribution is -2.29. The van der Waals surface area contributed by atoms with E-state index in [4.69, 9.17) is 25.8 Å². The largest absolute Gasteiger partial charge is 0.493 e. The van der Waals surface area contributed by atoms with Crippen molar-refractivity contribution in [3.63, 3.8) is 0 Å². The fraction of sp³-hybridized carbons (Fsp3) is 0.208. The number of esters is 1. The summed E-state index contributed by atoms with van der Waals surface area (Å²) in [6, 6.07) is 9.01. The summed E-state index contributed by atoms with van der Waals surface area (Å²) in [7, 11) is 1.49. The molecule has 0 radical (unpaired) electrons. The van der Waals surface area contributed by atoms with Crippen LogP contribution in [0.2, 0.25) is 5.02 Å². The molecule has 8 nitrogen and oxygen atoms in total. The molecule has 1 unspecified atom stereocenters. The zero-order valence-electron chi connectivity index (χ0n) is 18.5. The first-order chi connectivity index (χ1) is 16.4. The predicted molar refractivity (Wildman–Crippen MR) is 124 cm³/mol. The molecule has 4 rings (SSSR count). The van der Waals surface area contributed by atoms with E-state index < -0.39 is 17.8 Å². The average molecular weight is 485 g/mol. The van der Waals surface area contributed by atoms with Gasteiger partial charge in [0.1, 0.15) is 31.4 Å². The summed E-state index contributed by atoms with van der Waals surface area (Å²) in [6.07, 6.45) is 2.89. The van der Waals surface area contributed by atoms with Gasteiger partial charge < -0.3 is 19.5 Å². The number of carbonyl (C=O) groups excluding carboxylic acids is 1. The molecule has 0 saturated carbocycles. The molecule has 10 heteroatoms. The molecule has 1 aliphatic heterocycles. The van der Waals surface area contributed by atoms with Gasteiger partial charge in [-0.3, -0.25) is 0 Å². The Kier molecular flexibility index (Phi) is 6.83. The van der Waals surface area contributed by atoms with Gasteiger partial charge >= 0.3 is 5.97 Å². The third kappa shape index (κ3) is 4.47. The third-order valence-corrected chi connectivity index (χ3v) is 5.64. The van der Waals surface area contributed by atoms with Gasteiger partial charge in [-0.25, -0.2) is 13.9 Å². The minimum absolute atomic E-state index is 0.0707. The molecule has 0 amide bonds. The number of halogens is 2. The third-order valence-electron chi connectivity index (χ3n) is 5.28. The Morgan fingerprint density at radius 2 is 2.15 bits per heavy atom. The van der Waals surface area contributed by atoms with Crippen LogP contribution in [0, 0.1) is 5.82 Å². The first kappa shape index (κ1) is 23.3. The van der Waals surface area contributed by atoms with Gasteiger partial charge in [-0.2, -0.15) is 10.1 Å². The molecule has 0 fully saturated rings. The van der Waals surface area contributed by atoms with Gasteiger partial charge in [0.15, 0.2) is 11.5 Å². The predicted octanol–water partition coefficient (Wildman–Crippen LogP) is 4.68. The van der Waals surface area contributed by atoms with Crippen LogP contribution < -0.4 is 14.8 Å². The highest BCUT2D eigenvalue weighted by Gasteiger charge is 2.34. The minimum atomic E-state index is -0.625. The summed E-state index contributed by atoms with van der Waals surface area (Å²) < 4.78 is 32.4. The Morgan fingerprint density at radius 1 is 1.32 bits per heavy atom. The molecule has 3 aromatic rings. The van der Waals surface area contributed by atoms with Crippen molar-refractivity contribution < 1.29 is 23.4 Å². The molecule has 2 heterocycles. The number of methoxy groups -OCH3 is 1. The van der Waals surface area contributed by atoms with E-state index in [1.807, 2.05) is 0 Å². The molecule has 34 heavy (non-hydrogen) atoms. The van der Waals surface area contributed by atoms with Crippen molar-refractivity contribution in [3.05, 3.63) is 88.6 Å². The molecule has 2 aromatic carbocycles.